The Hall–Kier alpha value is -1.40. The summed E-state index contributed by atoms with van der Waals surface area (Å²) in [7, 11) is 0. The van der Waals surface area contributed by atoms with Gasteiger partial charge in [0.25, 0.3) is 5.91 Å². The lowest BCUT2D eigenvalue weighted by Crippen LogP contribution is -2.39. The molecule has 0 spiro atoms. The molecule has 0 saturated heterocycles. The zero-order valence-corrected chi connectivity index (χ0v) is 17.2. The number of rotatable bonds is 8. The SMILES string of the molecule is CC1CCCC(OC(C)C(=O)NCCCNC(=O)c2ccc(Br)cc2)C1. The van der Waals surface area contributed by atoms with Crippen molar-refractivity contribution in [1.29, 1.82) is 0 Å². The summed E-state index contributed by atoms with van der Waals surface area (Å²) in [5, 5.41) is 5.74. The molecule has 0 aliphatic heterocycles. The molecule has 26 heavy (non-hydrogen) atoms. The fraction of sp³-hybridized carbons (Fsp3) is 0.600. The van der Waals surface area contributed by atoms with Gasteiger partial charge in [-0.1, -0.05) is 35.7 Å². The van der Waals surface area contributed by atoms with Crippen LogP contribution in [-0.2, 0) is 9.53 Å². The first-order chi connectivity index (χ1) is 12.5. The van der Waals surface area contributed by atoms with E-state index in [0.29, 0.717) is 31.0 Å². The first-order valence-electron chi connectivity index (χ1n) is 9.42. The minimum absolute atomic E-state index is 0.0811. The minimum Gasteiger partial charge on any atom is -0.365 e. The Bertz CT molecular complexity index is 591. The van der Waals surface area contributed by atoms with Crippen molar-refractivity contribution in [2.24, 2.45) is 5.92 Å². The van der Waals surface area contributed by atoms with E-state index in [9.17, 15) is 9.59 Å². The Labute approximate surface area is 164 Å². The van der Waals surface area contributed by atoms with Crippen LogP contribution in [0.3, 0.4) is 0 Å². The fourth-order valence-corrected chi connectivity index (χ4v) is 3.47. The molecule has 144 valence electrons. The van der Waals surface area contributed by atoms with Gasteiger partial charge in [-0.3, -0.25) is 9.59 Å². The third-order valence-electron chi connectivity index (χ3n) is 4.70. The number of amides is 2. The van der Waals surface area contributed by atoms with E-state index < -0.39 is 6.10 Å². The zero-order valence-electron chi connectivity index (χ0n) is 15.6. The van der Waals surface area contributed by atoms with Crippen LogP contribution < -0.4 is 10.6 Å². The number of hydrogen-bond acceptors (Lipinski definition) is 3. The lowest BCUT2D eigenvalue weighted by atomic mass is 9.88. The van der Waals surface area contributed by atoms with Crippen molar-refractivity contribution >= 4 is 27.7 Å². The first-order valence-corrected chi connectivity index (χ1v) is 10.2. The molecule has 5 nitrogen and oxygen atoms in total. The molecule has 0 bridgehead atoms. The maximum atomic E-state index is 12.1. The van der Waals surface area contributed by atoms with E-state index in [1.807, 2.05) is 19.1 Å². The standard InChI is InChI=1S/C20H29BrN2O3/c1-14-5-3-6-18(13-14)26-15(2)19(24)22-11-4-12-23-20(25)16-7-9-17(21)10-8-16/h7-10,14-15,18H,3-6,11-13H2,1-2H3,(H,22,24)(H,23,25). The van der Waals surface area contributed by atoms with E-state index in [1.54, 1.807) is 12.1 Å². The number of benzene rings is 1. The predicted molar refractivity (Wildman–Crippen MR) is 106 cm³/mol. The van der Waals surface area contributed by atoms with Gasteiger partial charge in [0, 0.05) is 23.1 Å². The van der Waals surface area contributed by atoms with E-state index in [4.69, 9.17) is 4.74 Å². The minimum atomic E-state index is -0.428. The lowest BCUT2D eigenvalue weighted by Gasteiger charge is -2.28. The number of carbonyl (C=O) groups is 2. The van der Waals surface area contributed by atoms with E-state index in [1.165, 1.54) is 12.8 Å². The summed E-state index contributed by atoms with van der Waals surface area (Å²) in [6.07, 6.45) is 4.97. The van der Waals surface area contributed by atoms with Crippen molar-refractivity contribution in [3.63, 3.8) is 0 Å². The Morgan fingerprint density at radius 3 is 2.58 bits per heavy atom. The van der Waals surface area contributed by atoms with E-state index >= 15 is 0 Å². The molecule has 2 rings (SSSR count). The summed E-state index contributed by atoms with van der Waals surface area (Å²) in [4.78, 5) is 24.1. The maximum Gasteiger partial charge on any atom is 0.251 e. The highest BCUT2D eigenvalue weighted by Gasteiger charge is 2.23. The molecule has 3 unspecified atom stereocenters. The van der Waals surface area contributed by atoms with Crippen LogP contribution in [0.4, 0.5) is 0 Å². The molecule has 1 fully saturated rings. The first kappa shape index (κ1) is 20.9. The van der Waals surface area contributed by atoms with Crippen molar-refractivity contribution in [3.8, 4) is 0 Å². The van der Waals surface area contributed by atoms with Crippen molar-refractivity contribution in [3.05, 3.63) is 34.3 Å². The number of carbonyl (C=O) groups excluding carboxylic acids is 2. The van der Waals surface area contributed by atoms with Gasteiger partial charge in [-0.15, -0.1) is 0 Å². The van der Waals surface area contributed by atoms with Gasteiger partial charge in [0.2, 0.25) is 5.91 Å². The van der Waals surface area contributed by atoms with Gasteiger partial charge >= 0.3 is 0 Å². The molecule has 1 aliphatic carbocycles. The fourth-order valence-electron chi connectivity index (χ4n) is 3.20. The van der Waals surface area contributed by atoms with E-state index in [-0.39, 0.29) is 17.9 Å². The Morgan fingerprint density at radius 2 is 1.88 bits per heavy atom. The summed E-state index contributed by atoms with van der Waals surface area (Å²) in [6.45, 7) is 5.09. The van der Waals surface area contributed by atoms with Gasteiger partial charge in [0.15, 0.2) is 0 Å². The van der Waals surface area contributed by atoms with Gasteiger partial charge in [0.1, 0.15) is 6.10 Å². The molecule has 2 N–H and O–H groups in total. The number of halogens is 1. The van der Waals surface area contributed by atoms with Crippen molar-refractivity contribution in [1.82, 2.24) is 10.6 Å². The molecule has 6 heteroatoms. The van der Waals surface area contributed by atoms with Crippen LogP contribution in [0.1, 0.15) is 56.3 Å². The molecule has 1 saturated carbocycles. The second kappa shape index (κ2) is 10.7. The van der Waals surface area contributed by atoms with Crippen LogP contribution in [-0.4, -0.2) is 37.1 Å². The molecule has 1 aromatic rings. The Kier molecular flexibility index (Phi) is 8.59. The largest absolute Gasteiger partial charge is 0.365 e. The predicted octanol–water partition coefficient (Wildman–Crippen LogP) is 3.67. The van der Waals surface area contributed by atoms with Crippen LogP contribution in [0, 0.1) is 5.92 Å². The summed E-state index contributed by atoms with van der Waals surface area (Å²) in [5.41, 5.74) is 0.626. The van der Waals surface area contributed by atoms with Crippen molar-refractivity contribution in [2.45, 2.75) is 58.2 Å². The Morgan fingerprint density at radius 1 is 1.19 bits per heavy atom. The average molecular weight is 425 g/mol. The van der Waals surface area contributed by atoms with Crippen LogP contribution in [0.25, 0.3) is 0 Å². The van der Waals surface area contributed by atoms with Gasteiger partial charge in [-0.2, -0.15) is 0 Å². The molecule has 0 aromatic heterocycles. The highest BCUT2D eigenvalue weighted by molar-refractivity contribution is 9.10. The molecule has 1 aliphatic rings. The Balaban J connectivity index is 1.59. The van der Waals surface area contributed by atoms with E-state index in [0.717, 1.165) is 17.3 Å². The summed E-state index contributed by atoms with van der Waals surface area (Å²) in [6, 6.07) is 7.21. The summed E-state index contributed by atoms with van der Waals surface area (Å²) in [5.74, 6) is 0.493. The third kappa shape index (κ3) is 7.08. The van der Waals surface area contributed by atoms with Crippen molar-refractivity contribution in [2.75, 3.05) is 13.1 Å². The number of ether oxygens (including phenoxy) is 1. The van der Waals surface area contributed by atoms with Gasteiger partial charge in [-0.25, -0.2) is 0 Å². The monoisotopic (exact) mass is 424 g/mol. The highest BCUT2D eigenvalue weighted by atomic mass is 79.9. The zero-order chi connectivity index (χ0) is 18.9. The van der Waals surface area contributed by atoms with Crippen LogP contribution in [0.2, 0.25) is 0 Å². The second-order valence-electron chi connectivity index (χ2n) is 7.08. The molecule has 0 heterocycles. The molecule has 1 aromatic carbocycles. The van der Waals surface area contributed by atoms with Crippen LogP contribution in [0.15, 0.2) is 28.7 Å². The van der Waals surface area contributed by atoms with Gasteiger partial charge in [0.05, 0.1) is 6.10 Å². The van der Waals surface area contributed by atoms with Crippen LogP contribution >= 0.6 is 15.9 Å². The van der Waals surface area contributed by atoms with Gasteiger partial charge < -0.3 is 15.4 Å². The van der Waals surface area contributed by atoms with E-state index in [2.05, 4.69) is 33.5 Å². The molecular weight excluding hydrogens is 396 g/mol. The topological polar surface area (TPSA) is 67.4 Å². The quantitative estimate of drug-likeness (QED) is 0.625. The van der Waals surface area contributed by atoms with Crippen molar-refractivity contribution < 1.29 is 14.3 Å². The molecular formula is C20H29BrN2O3. The average Bonchev–Trinajstić information content (AvgIpc) is 2.61. The normalized spacial score (nSPS) is 21.0. The lowest BCUT2D eigenvalue weighted by molar-refractivity contribution is -0.137. The third-order valence-corrected chi connectivity index (χ3v) is 5.23. The second-order valence-corrected chi connectivity index (χ2v) is 8.00. The molecule has 3 atom stereocenters. The smallest absolute Gasteiger partial charge is 0.251 e. The molecule has 0 radical (unpaired) electrons. The number of hydrogen-bond donors (Lipinski definition) is 2. The van der Waals surface area contributed by atoms with Gasteiger partial charge in [-0.05, 0) is 56.4 Å². The molecule has 2 amide bonds. The van der Waals surface area contributed by atoms with Crippen LogP contribution in [0.5, 0.6) is 0 Å². The summed E-state index contributed by atoms with van der Waals surface area (Å²) >= 11 is 3.34. The number of nitrogens with one attached hydrogen (secondary N) is 2. The summed E-state index contributed by atoms with van der Waals surface area (Å²) < 4.78 is 6.84. The highest BCUT2D eigenvalue weighted by Crippen LogP contribution is 2.26. The maximum absolute atomic E-state index is 12.1.